The number of rotatable bonds is 13. The van der Waals surface area contributed by atoms with Crippen molar-refractivity contribution in [3.63, 3.8) is 0 Å². The monoisotopic (exact) mass is 421 g/mol. The lowest BCUT2D eigenvalue weighted by atomic mass is 10.1. The molecule has 0 N–H and O–H groups in total. The van der Waals surface area contributed by atoms with Crippen LogP contribution in [0.1, 0.15) is 84.0 Å². The molecule has 0 amide bonds. The quantitative estimate of drug-likeness (QED) is 0.250. The molecular formula is C22H36BrN3. The van der Waals surface area contributed by atoms with Crippen molar-refractivity contribution in [3.05, 3.63) is 43.0 Å². The van der Waals surface area contributed by atoms with Crippen molar-refractivity contribution >= 4 is 15.9 Å². The van der Waals surface area contributed by atoms with Crippen LogP contribution in [0.4, 0.5) is 0 Å². The van der Waals surface area contributed by atoms with Gasteiger partial charge in [0, 0.05) is 11.0 Å². The van der Waals surface area contributed by atoms with E-state index in [4.69, 9.17) is 0 Å². The summed E-state index contributed by atoms with van der Waals surface area (Å²) in [5, 5.41) is 8.61. The minimum Gasteiger partial charge on any atom is -0.288 e. The summed E-state index contributed by atoms with van der Waals surface area (Å²) in [6, 6.07) is 9.95. The van der Waals surface area contributed by atoms with E-state index in [9.17, 15) is 0 Å². The molecule has 3 nitrogen and oxygen atoms in total. The second-order valence-electron chi connectivity index (χ2n) is 6.78. The first-order chi connectivity index (χ1) is 12.9. The van der Waals surface area contributed by atoms with Gasteiger partial charge in [0.15, 0.2) is 0 Å². The van der Waals surface area contributed by atoms with Gasteiger partial charge in [0.1, 0.15) is 12.7 Å². The Labute approximate surface area is 168 Å². The highest BCUT2D eigenvalue weighted by Crippen LogP contribution is 2.12. The number of hydrogen-bond acceptors (Lipinski definition) is 2. The third-order valence-corrected chi connectivity index (χ3v) is 5.02. The zero-order chi connectivity index (χ0) is 18.7. The zero-order valence-electron chi connectivity index (χ0n) is 16.5. The molecular weight excluding hydrogens is 386 g/mol. The SMILES string of the molecule is CCCCCCCCCCCCCCBr.c1ccc(-n2cnnc2)cc1. The van der Waals surface area contributed by atoms with Crippen molar-refractivity contribution in [2.75, 3.05) is 5.33 Å². The molecule has 2 aromatic rings. The molecule has 1 aromatic carbocycles. The first-order valence-electron chi connectivity index (χ1n) is 10.3. The summed E-state index contributed by atoms with van der Waals surface area (Å²) in [4.78, 5) is 0. The number of benzene rings is 1. The van der Waals surface area contributed by atoms with Crippen molar-refractivity contribution in [2.24, 2.45) is 0 Å². The van der Waals surface area contributed by atoms with Crippen molar-refractivity contribution < 1.29 is 0 Å². The highest BCUT2D eigenvalue weighted by atomic mass is 79.9. The smallest absolute Gasteiger partial charge is 0.123 e. The van der Waals surface area contributed by atoms with Crippen molar-refractivity contribution in [2.45, 2.75) is 84.0 Å². The molecule has 146 valence electrons. The molecule has 0 spiro atoms. The third-order valence-electron chi connectivity index (χ3n) is 4.46. The van der Waals surface area contributed by atoms with Crippen LogP contribution in [0, 0.1) is 0 Å². The molecule has 0 unspecified atom stereocenters. The van der Waals surface area contributed by atoms with Gasteiger partial charge in [-0.15, -0.1) is 10.2 Å². The molecule has 0 aliphatic carbocycles. The molecule has 0 aliphatic rings. The summed E-state index contributed by atoms with van der Waals surface area (Å²) in [6.45, 7) is 2.28. The Hall–Kier alpha value is -1.16. The minimum absolute atomic E-state index is 1.08. The molecule has 0 aliphatic heterocycles. The van der Waals surface area contributed by atoms with E-state index in [-0.39, 0.29) is 0 Å². The third kappa shape index (κ3) is 12.2. The highest BCUT2D eigenvalue weighted by Gasteiger charge is 1.93. The van der Waals surface area contributed by atoms with Crippen LogP contribution in [0.5, 0.6) is 0 Å². The number of para-hydroxylation sites is 1. The van der Waals surface area contributed by atoms with Gasteiger partial charge < -0.3 is 0 Å². The molecule has 26 heavy (non-hydrogen) atoms. The van der Waals surface area contributed by atoms with Gasteiger partial charge in [0.2, 0.25) is 0 Å². The topological polar surface area (TPSA) is 30.7 Å². The molecule has 0 saturated carbocycles. The van der Waals surface area contributed by atoms with E-state index in [1.807, 2.05) is 34.9 Å². The van der Waals surface area contributed by atoms with Gasteiger partial charge in [-0.1, -0.05) is 112 Å². The molecule has 0 saturated heterocycles. The van der Waals surface area contributed by atoms with E-state index < -0.39 is 0 Å². The molecule has 0 atom stereocenters. The minimum atomic E-state index is 1.08. The van der Waals surface area contributed by atoms with Crippen molar-refractivity contribution in [3.8, 4) is 5.69 Å². The van der Waals surface area contributed by atoms with Crippen LogP contribution in [-0.2, 0) is 0 Å². The maximum absolute atomic E-state index is 3.71. The predicted octanol–water partition coefficient (Wildman–Crippen LogP) is 7.35. The fraction of sp³-hybridized carbons (Fsp3) is 0.636. The molecule has 0 bridgehead atoms. The lowest BCUT2D eigenvalue weighted by Gasteiger charge is -2.01. The second kappa shape index (κ2) is 17.3. The van der Waals surface area contributed by atoms with Crippen LogP contribution >= 0.6 is 15.9 Å². The Morgan fingerprint density at radius 1 is 0.692 bits per heavy atom. The number of unbranched alkanes of at least 4 members (excludes halogenated alkanes) is 11. The number of nitrogens with zero attached hydrogens (tertiary/aromatic N) is 3. The summed E-state index contributed by atoms with van der Waals surface area (Å²) in [5.74, 6) is 0. The fourth-order valence-corrected chi connectivity index (χ4v) is 3.27. The van der Waals surface area contributed by atoms with Crippen LogP contribution in [-0.4, -0.2) is 20.1 Å². The van der Waals surface area contributed by atoms with E-state index in [1.165, 1.54) is 82.4 Å². The number of aromatic nitrogens is 3. The van der Waals surface area contributed by atoms with Crippen LogP contribution < -0.4 is 0 Å². The average molecular weight is 422 g/mol. The van der Waals surface area contributed by atoms with Gasteiger partial charge in [-0.2, -0.15) is 0 Å². The predicted molar refractivity (Wildman–Crippen MR) is 116 cm³/mol. The Bertz CT molecular complexity index is 487. The van der Waals surface area contributed by atoms with Crippen LogP contribution in [0.15, 0.2) is 43.0 Å². The number of halogens is 1. The Balaban J connectivity index is 0.000000269. The molecule has 0 fully saturated rings. The van der Waals surface area contributed by atoms with E-state index in [0.29, 0.717) is 0 Å². The van der Waals surface area contributed by atoms with Gasteiger partial charge in [0.05, 0.1) is 0 Å². The maximum atomic E-state index is 3.71. The number of hydrogen-bond donors (Lipinski definition) is 0. The van der Waals surface area contributed by atoms with Crippen LogP contribution in [0.2, 0.25) is 0 Å². The van der Waals surface area contributed by atoms with Gasteiger partial charge >= 0.3 is 0 Å². The summed E-state index contributed by atoms with van der Waals surface area (Å²) in [6.07, 6.45) is 20.7. The first-order valence-corrected chi connectivity index (χ1v) is 11.5. The van der Waals surface area contributed by atoms with E-state index in [2.05, 4.69) is 33.1 Å². The molecule has 1 heterocycles. The molecule has 2 rings (SSSR count). The van der Waals surface area contributed by atoms with Crippen molar-refractivity contribution in [1.82, 2.24) is 14.8 Å². The largest absolute Gasteiger partial charge is 0.288 e. The number of alkyl halides is 1. The van der Waals surface area contributed by atoms with Crippen molar-refractivity contribution in [1.29, 1.82) is 0 Å². The maximum Gasteiger partial charge on any atom is 0.123 e. The second-order valence-corrected chi connectivity index (χ2v) is 7.58. The van der Waals surface area contributed by atoms with Gasteiger partial charge in [0.25, 0.3) is 0 Å². The summed E-state index contributed by atoms with van der Waals surface area (Å²) >= 11 is 3.47. The van der Waals surface area contributed by atoms with Gasteiger partial charge in [-0.3, -0.25) is 4.57 Å². The Kier molecular flexibility index (Phi) is 15.2. The molecule has 0 radical (unpaired) electrons. The van der Waals surface area contributed by atoms with Crippen LogP contribution in [0.25, 0.3) is 5.69 Å². The first kappa shape index (κ1) is 22.9. The van der Waals surface area contributed by atoms with E-state index >= 15 is 0 Å². The zero-order valence-corrected chi connectivity index (χ0v) is 18.0. The Morgan fingerprint density at radius 2 is 1.15 bits per heavy atom. The fourth-order valence-electron chi connectivity index (χ4n) is 2.87. The Morgan fingerprint density at radius 3 is 1.62 bits per heavy atom. The van der Waals surface area contributed by atoms with Crippen LogP contribution in [0.3, 0.4) is 0 Å². The van der Waals surface area contributed by atoms with E-state index in [0.717, 1.165) is 5.69 Å². The summed E-state index contributed by atoms with van der Waals surface area (Å²) in [7, 11) is 0. The summed E-state index contributed by atoms with van der Waals surface area (Å²) < 4.78 is 1.86. The van der Waals surface area contributed by atoms with E-state index in [1.54, 1.807) is 12.7 Å². The molecule has 4 heteroatoms. The average Bonchev–Trinajstić information content (AvgIpc) is 3.22. The standard InChI is InChI=1S/C14H29Br.C8H7N3/c1-2-3-4-5-6-7-8-9-10-11-12-13-14-15;1-2-4-8(5-3-1)11-6-9-10-7-11/h2-14H2,1H3;1-7H. The summed E-state index contributed by atoms with van der Waals surface area (Å²) in [5.41, 5.74) is 1.08. The molecule has 1 aromatic heterocycles. The normalized spacial score (nSPS) is 10.4. The van der Waals surface area contributed by atoms with Gasteiger partial charge in [-0.05, 0) is 18.6 Å². The van der Waals surface area contributed by atoms with Gasteiger partial charge in [-0.25, -0.2) is 0 Å². The lowest BCUT2D eigenvalue weighted by molar-refractivity contribution is 0.548. The lowest BCUT2D eigenvalue weighted by Crippen LogP contribution is -1.87. The highest BCUT2D eigenvalue weighted by molar-refractivity contribution is 9.09.